The van der Waals surface area contributed by atoms with Crippen LogP contribution in [-0.2, 0) is 6.54 Å². The molecular weight excluding hydrogens is 423 g/mol. The van der Waals surface area contributed by atoms with Gasteiger partial charge in [-0.15, -0.1) is 0 Å². The van der Waals surface area contributed by atoms with E-state index in [0.717, 1.165) is 5.56 Å². The average molecular weight is 444 g/mol. The second-order valence-corrected chi connectivity index (χ2v) is 6.99. The summed E-state index contributed by atoms with van der Waals surface area (Å²) in [5.74, 6) is -0.418. The van der Waals surface area contributed by atoms with E-state index in [4.69, 9.17) is 4.74 Å². The zero-order valence-electron chi connectivity index (χ0n) is 16.4. The number of halogens is 5. The quantitative estimate of drug-likeness (QED) is 0.601. The maximum atomic E-state index is 12.7. The lowest BCUT2D eigenvalue weighted by molar-refractivity contribution is -0.153. The molecule has 1 aliphatic rings. The smallest absolute Gasteiger partial charge is 0.422 e. The number of alkyl halides is 5. The third-order valence-electron chi connectivity index (χ3n) is 4.70. The molecule has 3 rings (SSSR count). The van der Waals surface area contributed by atoms with E-state index in [9.17, 15) is 26.7 Å². The van der Waals surface area contributed by atoms with Crippen molar-refractivity contribution in [2.75, 3.05) is 32.8 Å². The predicted octanol–water partition coefficient (Wildman–Crippen LogP) is 4.19. The molecular formula is C21H21F5N2O3. The molecule has 0 bridgehead atoms. The van der Waals surface area contributed by atoms with Gasteiger partial charge in [-0.3, -0.25) is 9.69 Å². The minimum absolute atomic E-state index is 0.0748. The zero-order chi connectivity index (χ0) is 22.4. The number of rotatable bonds is 7. The van der Waals surface area contributed by atoms with Crippen molar-refractivity contribution in [1.82, 2.24) is 9.80 Å². The fourth-order valence-corrected chi connectivity index (χ4v) is 3.28. The number of benzene rings is 2. The summed E-state index contributed by atoms with van der Waals surface area (Å²) in [4.78, 5) is 16.4. The number of amides is 1. The third kappa shape index (κ3) is 6.81. The summed E-state index contributed by atoms with van der Waals surface area (Å²) in [6.45, 7) is -2.08. The van der Waals surface area contributed by atoms with Gasteiger partial charge in [-0.1, -0.05) is 24.3 Å². The van der Waals surface area contributed by atoms with Crippen LogP contribution in [0.5, 0.6) is 11.5 Å². The number of piperazine rings is 1. The average Bonchev–Trinajstić information content (AvgIpc) is 2.72. The summed E-state index contributed by atoms with van der Waals surface area (Å²) >= 11 is 0. The fraction of sp³-hybridized carbons (Fsp3) is 0.381. The first-order chi connectivity index (χ1) is 14.7. The molecule has 0 radical (unpaired) electrons. The van der Waals surface area contributed by atoms with E-state index in [-0.39, 0.29) is 17.1 Å². The minimum atomic E-state index is -4.40. The molecule has 1 saturated heterocycles. The number of hydrogen-bond acceptors (Lipinski definition) is 4. The molecule has 1 aliphatic heterocycles. The van der Waals surface area contributed by atoms with Gasteiger partial charge >= 0.3 is 12.8 Å². The Hall–Kier alpha value is -2.88. The van der Waals surface area contributed by atoms with Crippen molar-refractivity contribution in [3.8, 4) is 11.5 Å². The van der Waals surface area contributed by atoms with Crippen LogP contribution < -0.4 is 9.47 Å². The molecule has 0 N–H and O–H groups in total. The minimum Gasteiger partial charge on any atom is -0.484 e. The van der Waals surface area contributed by atoms with Gasteiger partial charge in [0, 0.05) is 32.7 Å². The molecule has 5 nitrogen and oxygen atoms in total. The molecule has 168 valence electrons. The number of carbonyl (C=O) groups is 1. The molecule has 1 heterocycles. The highest BCUT2D eigenvalue weighted by Crippen LogP contribution is 2.23. The summed E-state index contributed by atoms with van der Waals surface area (Å²) in [5, 5.41) is 0. The third-order valence-corrected chi connectivity index (χ3v) is 4.70. The summed E-state index contributed by atoms with van der Waals surface area (Å²) < 4.78 is 71.3. The molecule has 2 aromatic rings. The van der Waals surface area contributed by atoms with E-state index in [2.05, 4.69) is 4.74 Å². The molecule has 31 heavy (non-hydrogen) atoms. The number of hydrogen-bond donors (Lipinski definition) is 0. The predicted molar refractivity (Wildman–Crippen MR) is 102 cm³/mol. The molecule has 10 heteroatoms. The van der Waals surface area contributed by atoms with Gasteiger partial charge < -0.3 is 14.4 Å². The summed E-state index contributed by atoms with van der Waals surface area (Å²) in [5.41, 5.74) is 0.862. The Balaban J connectivity index is 1.55. The van der Waals surface area contributed by atoms with Crippen LogP contribution in [0.4, 0.5) is 22.0 Å². The summed E-state index contributed by atoms with van der Waals surface area (Å²) in [6, 6.07) is 12.3. The first-order valence-electron chi connectivity index (χ1n) is 9.55. The van der Waals surface area contributed by atoms with Crippen LogP contribution in [-0.4, -0.2) is 61.3 Å². The molecule has 0 spiro atoms. The number of nitrogens with zero attached hydrogens (tertiary/aromatic N) is 2. The Labute approximate surface area is 176 Å². The molecule has 0 aromatic heterocycles. The zero-order valence-corrected chi connectivity index (χ0v) is 16.4. The van der Waals surface area contributed by atoms with Crippen molar-refractivity contribution in [3.05, 3.63) is 59.7 Å². The van der Waals surface area contributed by atoms with Gasteiger partial charge in [-0.25, -0.2) is 0 Å². The SMILES string of the molecule is O=C(c1ccccc1OC(F)F)N1CCN(Cc2cccc(OCC(F)(F)F)c2)CC1. The van der Waals surface area contributed by atoms with E-state index in [0.29, 0.717) is 32.7 Å². The normalized spacial score (nSPS) is 15.2. The highest BCUT2D eigenvalue weighted by molar-refractivity contribution is 5.97. The monoisotopic (exact) mass is 444 g/mol. The van der Waals surface area contributed by atoms with Crippen molar-refractivity contribution in [1.29, 1.82) is 0 Å². The fourth-order valence-electron chi connectivity index (χ4n) is 3.28. The molecule has 0 unspecified atom stereocenters. The Morgan fingerprint density at radius 1 is 1.00 bits per heavy atom. The van der Waals surface area contributed by atoms with Gasteiger partial charge in [-0.2, -0.15) is 22.0 Å². The highest BCUT2D eigenvalue weighted by atomic mass is 19.4. The molecule has 0 atom stereocenters. The molecule has 0 saturated carbocycles. The van der Waals surface area contributed by atoms with Crippen LogP contribution in [0, 0.1) is 0 Å². The van der Waals surface area contributed by atoms with Crippen LogP contribution in [0.1, 0.15) is 15.9 Å². The summed E-state index contributed by atoms with van der Waals surface area (Å²) in [7, 11) is 0. The number of ether oxygens (including phenoxy) is 2. The lowest BCUT2D eigenvalue weighted by Crippen LogP contribution is -2.48. The second kappa shape index (κ2) is 9.95. The van der Waals surface area contributed by atoms with Crippen molar-refractivity contribution in [3.63, 3.8) is 0 Å². The second-order valence-electron chi connectivity index (χ2n) is 6.99. The molecule has 2 aromatic carbocycles. The topological polar surface area (TPSA) is 42.0 Å². The van der Waals surface area contributed by atoms with Crippen LogP contribution in [0.15, 0.2) is 48.5 Å². The largest absolute Gasteiger partial charge is 0.484 e. The maximum absolute atomic E-state index is 12.7. The van der Waals surface area contributed by atoms with E-state index in [1.165, 1.54) is 24.3 Å². The van der Waals surface area contributed by atoms with Crippen LogP contribution in [0.2, 0.25) is 0 Å². The number of carbonyl (C=O) groups excluding carboxylic acids is 1. The lowest BCUT2D eigenvalue weighted by Gasteiger charge is -2.35. The number of para-hydroxylation sites is 1. The standard InChI is InChI=1S/C21H21F5N2O3/c22-20(23)31-18-7-2-1-6-17(18)19(29)28-10-8-27(9-11-28)13-15-4-3-5-16(12-15)30-14-21(24,25)26/h1-7,12,20H,8-11,13-14H2. The van der Waals surface area contributed by atoms with Gasteiger partial charge in [0.15, 0.2) is 6.61 Å². The van der Waals surface area contributed by atoms with E-state index < -0.39 is 25.3 Å². The molecule has 0 aliphatic carbocycles. The van der Waals surface area contributed by atoms with Crippen molar-refractivity contribution in [2.24, 2.45) is 0 Å². The first kappa shape index (κ1) is 22.8. The first-order valence-corrected chi connectivity index (χ1v) is 9.55. The van der Waals surface area contributed by atoms with Crippen LogP contribution >= 0.6 is 0 Å². The highest BCUT2D eigenvalue weighted by Gasteiger charge is 2.28. The van der Waals surface area contributed by atoms with Crippen LogP contribution in [0.25, 0.3) is 0 Å². The van der Waals surface area contributed by atoms with E-state index in [1.807, 2.05) is 4.90 Å². The Morgan fingerprint density at radius 3 is 2.39 bits per heavy atom. The van der Waals surface area contributed by atoms with Crippen molar-refractivity contribution in [2.45, 2.75) is 19.3 Å². The van der Waals surface area contributed by atoms with Crippen molar-refractivity contribution >= 4 is 5.91 Å². The van der Waals surface area contributed by atoms with E-state index in [1.54, 1.807) is 29.2 Å². The summed E-state index contributed by atoms with van der Waals surface area (Å²) in [6.07, 6.45) is -4.40. The Bertz CT molecular complexity index is 883. The Kier molecular flexibility index (Phi) is 7.32. The van der Waals surface area contributed by atoms with Crippen LogP contribution in [0.3, 0.4) is 0 Å². The molecule has 1 fully saturated rings. The van der Waals surface area contributed by atoms with Gasteiger partial charge in [0.2, 0.25) is 0 Å². The maximum Gasteiger partial charge on any atom is 0.422 e. The van der Waals surface area contributed by atoms with Crippen molar-refractivity contribution < 1.29 is 36.2 Å². The lowest BCUT2D eigenvalue weighted by atomic mass is 10.1. The Morgan fingerprint density at radius 2 is 1.71 bits per heavy atom. The van der Waals surface area contributed by atoms with Gasteiger partial charge in [0.1, 0.15) is 11.5 Å². The van der Waals surface area contributed by atoms with Gasteiger partial charge in [0.05, 0.1) is 5.56 Å². The van der Waals surface area contributed by atoms with E-state index >= 15 is 0 Å². The van der Waals surface area contributed by atoms with Gasteiger partial charge in [0.25, 0.3) is 5.91 Å². The molecule has 1 amide bonds. The van der Waals surface area contributed by atoms with Gasteiger partial charge in [-0.05, 0) is 29.8 Å².